The van der Waals surface area contributed by atoms with Crippen LogP contribution in [0.1, 0.15) is 19.4 Å². The summed E-state index contributed by atoms with van der Waals surface area (Å²) in [6.07, 6.45) is 0. The van der Waals surface area contributed by atoms with Gasteiger partial charge in [0.05, 0.1) is 11.3 Å². The number of benzene rings is 1. The molecule has 0 spiro atoms. The van der Waals surface area contributed by atoms with E-state index in [1.807, 2.05) is 0 Å². The molecule has 0 heterocycles. The summed E-state index contributed by atoms with van der Waals surface area (Å²) in [4.78, 5) is 0. The summed E-state index contributed by atoms with van der Waals surface area (Å²) in [5.74, 6) is 0.573. The first-order valence-electron chi connectivity index (χ1n) is 4.41. The maximum absolute atomic E-state index is 13.2. The fraction of sp³-hybridized carbons (Fsp3) is 0.273. The van der Waals surface area contributed by atoms with Crippen molar-refractivity contribution in [3.05, 3.63) is 29.1 Å². The lowest BCUT2D eigenvalue weighted by molar-refractivity contribution is 0.143. The Hall–Kier alpha value is -1.67. The van der Waals surface area contributed by atoms with Gasteiger partial charge >= 0.3 is 0 Å². The van der Waals surface area contributed by atoms with E-state index in [2.05, 4.69) is 11.8 Å². The van der Waals surface area contributed by atoms with Gasteiger partial charge in [-0.1, -0.05) is 11.8 Å². The molecule has 0 bridgehead atoms. The van der Waals surface area contributed by atoms with Gasteiger partial charge < -0.3 is 10.8 Å². The Bertz CT molecular complexity index is 454. The molecule has 1 aromatic carbocycles. The normalized spacial score (nSPS) is 10.9. The lowest BCUT2D eigenvalue weighted by Gasteiger charge is -2.07. The topological polar surface area (TPSA) is 46.2 Å². The SMILES string of the molecule is CC(C)(O)C#Cc1c(N)c(F)cc(F)c1F. The van der Waals surface area contributed by atoms with Crippen molar-refractivity contribution in [1.29, 1.82) is 0 Å². The van der Waals surface area contributed by atoms with Crippen molar-refractivity contribution in [3.8, 4) is 11.8 Å². The van der Waals surface area contributed by atoms with Gasteiger partial charge in [-0.3, -0.25) is 0 Å². The van der Waals surface area contributed by atoms with Crippen molar-refractivity contribution in [1.82, 2.24) is 0 Å². The van der Waals surface area contributed by atoms with Crippen molar-refractivity contribution < 1.29 is 18.3 Å². The minimum atomic E-state index is -1.40. The highest BCUT2D eigenvalue weighted by atomic mass is 19.2. The first-order valence-corrected chi connectivity index (χ1v) is 4.41. The quantitative estimate of drug-likeness (QED) is 0.405. The smallest absolute Gasteiger partial charge is 0.176 e. The van der Waals surface area contributed by atoms with E-state index < -0.39 is 34.3 Å². The number of rotatable bonds is 0. The molecule has 1 rings (SSSR count). The molecule has 2 nitrogen and oxygen atoms in total. The standard InChI is InChI=1S/C11H10F3NO/c1-11(2,16)4-3-6-9(14)7(12)5-8(13)10(6)15/h5,16H,15H2,1-2H3. The third-order valence-electron chi connectivity index (χ3n) is 1.70. The first-order chi connectivity index (χ1) is 7.22. The molecule has 0 radical (unpaired) electrons. The van der Waals surface area contributed by atoms with Crippen molar-refractivity contribution in [2.45, 2.75) is 19.4 Å². The molecule has 86 valence electrons. The number of halogens is 3. The van der Waals surface area contributed by atoms with E-state index in [0.29, 0.717) is 6.07 Å². The van der Waals surface area contributed by atoms with Crippen molar-refractivity contribution >= 4 is 5.69 Å². The van der Waals surface area contributed by atoms with Crippen LogP contribution in [0.2, 0.25) is 0 Å². The van der Waals surface area contributed by atoms with E-state index in [1.165, 1.54) is 13.8 Å². The van der Waals surface area contributed by atoms with Crippen LogP contribution in [0.25, 0.3) is 0 Å². The van der Waals surface area contributed by atoms with E-state index >= 15 is 0 Å². The van der Waals surface area contributed by atoms with E-state index in [-0.39, 0.29) is 0 Å². The molecular formula is C11H10F3NO. The monoisotopic (exact) mass is 229 g/mol. The fourth-order valence-electron chi connectivity index (χ4n) is 0.947. The van der Waals surface area contributed by atoms with Gasteiger partial charge in [0.15, 0.2) is 11.6 Å². The lowest BCUT2D eigenvalue weighted by atomic mass is 10.1. The number of nitrogens with two attached hydrogens (primary N) is 1. The van der Waals surface area contributed by atoms with Gasteiger partial charge in [0.1, 0.15) is 11.4 Å². The lowest BCUT2D eigenvalue weighted by Crippen LogP contribution is -2.15. The zero-order chi connectivity index (χ0) is 12.5. The second kappa shape index (κ2) is 4.06. The maximum atomic E-state index is 13.2. The zero-order valence-electron chi connectivity index (χ0n) is 8.74. The van der Waals surface area contributed by atoms with Crippen molar-refractivity contribution in [2.75, 3.05) is 5.73 Å². The number of anilines is 1. The summed E-state index contributed by atoms with van der Waals surface area (Å²) in [7, 11) is 0. The number of aliphatic hydroxyl groups is 1. The molecule has 3 N–H and O–H groups in total. The van der Waals surface area contributed by atoms with Crippen LogP contribution in [0.5, 0.6) is 0 Å². The number of nitrogen functional groups attached to an aromatic ring is 1. The second-order valence-corrected chi connectivity index (χ2v) is 3.75. The van der Waals surface area contributed by atoms with Crippen LogP contribution in [0.3, 0.4) is 0 Å². The molecule has 0 aliphatic heterocycles. The minimum absolute atomic E-state index is 0.347. The summed E-state index contributed by atoms with van der Waals surface area (Å²) in [5, 5.41) is 9.27. The Morgan fingerprint density at radius 3 is 2.31 bits per heavy atom. The Balaban J connectivity index is 3.38. The minimum Gasteiger partial charge on any atom is -0.395 e. The Kier molecular flexibility index (Phi) is 3.15. The van der Waals surface area contributed by atoms with Crippen LogP contribution in [-0.2, 0) is 0 Å². The molecule has 0 aromatic heterocycles. The fourth-order valence-corrected chi connectivity index (χ4v) is 0.947. The van der Waals surface area contributed by atoms with E-state index in [1.54, 1.807) is 0 Å². The Morgan fingerprint density at radius 1 is 1.25 bits per heavy atom. The molecule has 0 unspecified atom stereocenters. The van der Waals surface area contributed by atoms with Crippen LogP contribution in [0.15, 0.2) is 6.07 Å². The van der Waals surface area contributed by atoms with Crippen molar-refractivity contribution in [2.24, 2.45) is 0 Å². The predicted molar refractivity (Wildman–Crippen MR) is 53.9 cm³/mol. The summed E-state index contributed by atoms with van der Waals surface area (Å²) in [5.41, 5.74) is 2.66. The molecule has 0 saturated carbocycles. The molecular weight excluding hydrogens is 219 g/mol. The second-order valence-electron chi connectivity index (χ2n) is 3.75. The van der Waals surface area contributed by atoms with Crippen LogP contribution in [0.4, 0.5) is 18.9 Å². The Labute approximate surface area is 90.9 Å². The van der Waals surface area contributed by atoms with Gasteiger partial charge in [-0.05, 0) is 13.8 Å². The average Bonchev–Trinajstić information content (AvgIpc) is 2.13. The highest BCUT2D eigenvalue weighted by Gasteiger charge is 2.16. The van der Waals surface area contributed by atoms with Crippen LogP contribution in [0, 0.1) is 29.3 Å². The number of hydrogen-bond acceptors (Lipinski definition) is 2. The largest absolute Gasteiger partial charge is 0.395 e. The summed E-state index contributed by atoms with van der Waals surface area (Å²) in [6.45, 7) is 2.70. The van der Waals surface area contributed by atoms with E-state index in [9.17, 15) is 18.3 Å². The third-order valence-corrected chi connectivity index (χ3v) is 1.70. The highest BCUT2D eigenvalue weighted by Crippen LogP contribution is 2.21. The zero-order valence-corrected chi connectivity index (χ0v) is 8.74. The molecule has 1 aromatic rings. The van der Waals surface area contributed by atoms with Crippen LogP contribution in [-0.4, -0.2) is 10.7 Å². The number of hydrogen-bond donors (Lipinski definition) is 2. The van der Waals surface area contributed by atoms with Gasteiger partial charge in [0.2, 0.25) is 0 Å². The molecule has 0 fully saturated rings. The molecule has 0 amide bonds. The molecule has 16 heavy (non-hydrogen) atoms. The Morgan fingerprint density at radius 2 is 1.81 bits per heavy atom. The highest BCUT2D eigenvalue weighted by molar-refractivity contribution is 5.58. The molecule has 0 aliphatic carbocycles. The van der Waals surface area contributed by atoms with Gasteiger partial charge in [0, 0.05) is 6.07 Å². The summed E-state index contributed by atoms with van der Waals surface area (Å²) >= 11 is 0. The van der Waals surface area contributed by atoms with Gasteiger partial charge in [-0.25, -0.2) is 13.2 Å². The third kappa shape index (κ3) is 2.67. The van der Waals surface area contributed by atoms with Gasteiger partial charge in [0.25, 0.3) is 0 Å². The molecule has 0 atom stereocenters. The van der Waals surface area contributed by atoms with Gasteiger partial charge in [-0.2, -0.15) is 0 Å². The summed E-state index contributed by atoms with van der Waals surface area (Å²) in [6, 6.07) is 0.347. The predicted octanol–water partition coefficient (Wildman–Crippen LogP) is 1.81. The molecule has 0 saturated heterocycles. The van der Waals surface area contributed by atoms with Crippen molar-refractivity contribution in [3.63, 3.8) is 0 Å². The molecule has 0 aliphatic rings. The maximum Gasteiger partial charge on any atom is 0.176 e. The van der Waals surface area contributed by atoms with E-state index in [4.69, 9.17) is 5.73 Å². The van der Waals surface area contributed by atoms with Crippen LogP contribution >= 0.6 is 0 Å². The van der Waals surface area contributed by atoms with E-state index in [0.717, 1.165) is 0 Å². The first kappa shape index (κ1) is 12.4. The summed E-state index contributed by atoms with van der Waals surface area (Å²) < 4.78 is 39.0. The van der Waals surface area contributed by atoms with Crippen LogP contribution < -0.4 is 5.73 Å². The average molecular weight is 229 g/mol. The molecule has 5 heteroatoms. The van der Waals surface area contributed by atoms with Gasteiger partial charge in [-0.15, -0.1) is 0 Å².